The minimum absolute atomic E-state index is 0.0143. The summed E-state index contributed by atoms with van der Waals surface area (Å²) in [5.41, 5.74) is 1.84. The van der Waals surface area contributed by atoms with E-state index in [1.165, 1.54) is 0 Å². The molecule has 1 unspecified atom stereocenters. The molecule has 0 spiro atoms. The third kappa shape index (κ3) is 2.86. The molecular formula is C19H15NO3S. The maximum atomic E-state index is 12.4. The Hall–Kier alpha value is -2.79. The Labute approximate surface area is 142 Å². The molecule has 4 aromatic rings. The molecule has 0 aliphatic carbocycles. The van der Waals surface area contributed by atoms with Gasteiger partial charge in [0.2, 0.25) is 0 Å². The number of hydrogen-bond acceptors (Lipinski definition) is 4. The van der Waals surface area contributed by atoms with E-state index in [1.807, 2.05) is 47.8 Å². The molecule has 0 saturated heterocycles. The Balaban J connectivity index is 1.52. The number of amides is 1. The van der Waals surface area contributed by atoms with Crippen LogP contribution in [0.1, 0.15) is 27.8 Å². The summed E-state index contributed by atoms with van der Waals surface area (Å²) in [5, 5.41) is 7.96. The van der Waals surface area contributed by atoms with Crippen molar-refractivity contribution in [1.82, 2.24) is 5.32 Å². The molecule has 0 radical (unpaired) electrons. The first-order valence-electron chi connectivity index (χ1n) is 7.63. The maximum absolute atomic E-state index is 12.4. The van der Waals surface area contributed by atoms with Crippen LogP contribution in [0.4, 0.5) is 0 Å². The first-order chi connectivity index (χ1) is 11.8. The minimum Gasteiger partial charge on any atom is -0.469 e. The number of thiophene rings is 1. The fraction of sp³-hybridized carbons (Fsp3) is 0.105. The Morgan fingerprint density at radius 3 is 2.83 bits per heavy atom. The van der Waals surface area contributed by atoms with E-state index in [0.717, 1.165) is 16.7 Å². The lowest BCUT2D eigenvalue weighted by Gasteiger charge is -2.13. The van der Waals surface area contributed by atoms with E-state index >= 15 is 0 Å². The highest BCUT2D eigenvalue weighted by molar-refractivity contribution is 7.08. The van der Waals surface area contributed by atoms with Crippen molar-refractivity contribution >= 4 is 28.2 Å². The number of fused-ring (bicyclic) bond motifs is 1. The van der Waals surface area contributed by atoms with Crippen LogP contribution in [-0.2, 0) is 0 Å². The number of hydrogen-bond donors (Lipinski definition) is 1. The van der Waals surface area contributed by atoms with Crippen molar-refractivity contribution in [3.63, 3.8) is 0 Å². The summed E-state index contributed by atoms with van der Waals surface area (Å²) in [6.45, 7) is 0.445. The average molecular weight is 337 g/mol. The molecule has 1 N–H and O–H groups in total. The van der Waals surface area contributed by atoms with Crippen molar-refractivity contribution in [2.24, 2.45) is 0 Å². The number of benzene rings is 1. The van der Waals surface area contributed by atoms with Crippen molar-refractivity contribution in [2.75, 3.05) is 6.54 Å². The lowest BCUT2D eigenvalue weighted by atomic mass is 9.99. The molecule has 0 bridgehead atoms. The molecule has 1 aromatic carbocycles. The zero-order valence-electron chi connectivity index (χ0n) is 12.8. The van der Waals surface area contributed by atoms with E-state index in [1.54, 1.807) is 23.7 Å². The van der Waals surface area contributed by atoms with Gasteiger partial charge >= 0.3 is 0 Å². The summed E-state index contributed by atoms with van der Waals surface area (Å²) < 4.78 is 11.1. The van der Waals surface area contributed by atoms with Gasteiger partial charge in [-0.05, 0) is 46.7 Å². The van der Waals surface area contributed by atoms with E-state index in [-0.39, 0.29) is 11.8 Å². The smallest absolute Gasteiger partial charge is 0.287 e. The molecule has 0 fully saturated rings. The Bertz CT molecular complexity index is 871. The van der Waals surface area contributed by atoms with Gasteiger partial charge in [-0.3, -0.25) is 4.79 Å². The summed E-state index contributed by atoms with van der Waals surface area (Å²) in [5.74, 6) is 0.913. The van der Waals surface area contributed by atoms with Gasteiger partial charge in [0.25, 0.3) is 5.91 Å². The summed E-state index contributed by atoms with van der Waals surface area (Å²) in [7, 11) is 0. The molecule has 24 heavy (non-hydrogen) atoms. The second-order valence-corrected chi connectivity index (χ2v) is 6.26. The van der Waals surface area contributed by atoms with Crippen LogP contribution in [0.15, 0.2) is 74.4 Å². The largest absolute Gasteiger partial charge is 0.469 e. The van der Waals surface area contributed by atoms with Crippen LogP contribution in [0.3, 0.4) is 0 Å². The number of rotatable bonds is 5. The number of para-hydroxylation sites is 1. The molecule has 4 nitrogen and oxygen atoms in total. The normalized spacial score (nSPS) is 12.3. The molecule has 4 rings (SSSR count). The highest BCUT2D eigenvalue weighted by Crippen LogP contribution is 2.26. The number of carbonyl (C=O) groups excluding carboxylic acids is 1. The van der Waals surface area contributed by atoms with E-state index < -0.39 is 0 Å². The number of carbonyl (C=O) groups is 1. The molecular weight excluding hydrogens is 322 g/mol. The molecule has 1 atom stereocenters. The van der Waals surface area contributed by atoms with Gasteiger partial charge in [-0.2, -0.15) is 11.3 Å². The minimum atomic E-state index is -0.224. The van der Waals surface area contributed by atoms with Crippen molar-refractivity contribution in [2.45, 2.75) is 5.92 Å². The van der Waals surface area contributed by atoms with Crippen LogP contribution >= 0.6 is 11.3 Å². The van der Waals surface area contributed by atoms with Crippen LogP contribution < -0.4 is 5.32 Å². The van der Waals surface area contributed by atoms with E-state index in [0.29, 0.717) is 17.9 Å². The van der Waals surface area contributed by atoms with Crippen molar-refractivity contribution in [3.8, 4) is 0 Å². The summed E-state index contributed by atoms with van der Waals surface area (Å²) >= 11 is 1.63. The van der Waals surface area contributed by atoms with Crippen LogP contribution in [-0.4, -0.2) is 12.5 Å². The Morgan fingerprint density at radius 2 is 2.08 bits per heavy atom. The highest BCUT2D eigenvalue weighted by Gasteiger charge is 2.20. The number of furan rings is 2. The van der Waals surface area contributed by atoms with Crippen molar-refractivity contribution < 1.29 is 13.6 Å². The molecule has 0 aliphatic heterocycles. The summed E-state index contributed by atoms with van der Waals surface area (Å²) in [6.07, 6.45) is 1.65. The zero-order valence-corrected chi connectivity index (χ0v) is 13.6. The topological polar surface area (TPSA) is 55.4 Å². The Kier molecular flexibility index (Phi) is 3.92. The van der Waals surface area contributed by atoms with Crippen LogP contribution in [0.25, 0.3) is 11.0 Å². The van der Waals surface area contributed by atoms with Crippen molar-refractivity contribution in [3.05, 3.63) is 82.6 Å². The molecule has 3 aromatic heterocycles. The van der Waals surface area contributed by atoms with Gasteiger partial charge in [-0.15, -0.1) is 0 Å². The summed E-state index contributed by atoms with van der Waals surface area (Å²) in [6, 6.07) is 15.2. The highest BCUT2D eigenvalue weighted by atomic mass is 32.1. The van der Waals surface area contributed by atoms with Crippen LogP contribution in [0.5, 0.6) is 0 Å². The third-order valence-corrected chi connectivity index (χ3v) is 4.65. The van der Waals surface area contributed by atoms with Gasteiger partial charge < -0.3 is 14.2 Å². The summed E-state index contributed by atoms with van der Waals surface area (Å²) in [4.78, 5) is 12.4. The van der Waals surface area contributed by atoms with Crippen LogP contribution in [0.2, 0.25) is 0 Å². The SMILES string of the molecule is O=C(NCC(c1ccsc1)c1ccco1)c1cc2ccccc2o1. The predicted octanol–water partition coefficient (Wildman–Crippen LogP) is 4.65. The van der Waals surface area contributed by atoms with Crippen LogP contribution in [0, 0.1) is 0 Å². The molecule has 0 aliphatic rings. The second kappa shape index (κ2) is 6.37. The third-order valence-electron chi connectivity index (χ3n) is 3.95. The van der Waals surface area contributed by atoms with Gasteiger partial charge in [-0.25, -0.2) is 0 Å². The molecule has 5 heteroatoms. The predicted molar refractivity (Wildman–Crippen MR) is 93.4 cm³/mol. The first-order valence-corrected chi connectivity index (χ1v) is 8.58. The van der Waals surface area contributed by atoms with Gasteiger partial charge in [-0.1, -0.05) is 18.2 Å². The van der Waals surface area contributed by atoms with E-state index in [2.05, 4.69) is 10.7 Å². The fourth-order valence-corrected chi connectivity index (χ4v) is 3.44. The van der Waals surface area contributed by atoms with Gasteiger partial charge in [0.15, 0.2) is 5.76 Å². The van der Waals surface area contributed by atoms with Gasteiger partial charge in [0.1, 0.15) is 11.3 Å². The lowest BCUT2D eigenvalue weighted by molar-refractivity contribution is 0.0926. The lowest BCUT2D eigenvalue weighted by Crippen LogP contribution is -2.28. The monoisotopic (exact) mass is 337 g/mol. The average Bonchev–Trinajstić information content (AvgIpc) is 3.35. The van der Waals surface area contributed by atoms with E-state index in [4.69, 9.17) is 8.83 Å². The molecule has 3 heterocycles. The quantitative estimate of drug-likeness (QED) is 0.577. The van der Waals surface area contributed by atoms with Gasteiger partial charge in [0, 0.05) is 11.9 Å². The van der Waals surface area contributed by atoms with Crippen molar-refractivity contribution in [1.29, 1.82) is 0 Å². The molecule has 0 saturated carbocycles. The first kappa shape index (κ1) is 14.8. The van der Waals surface area contributed by atoms with E-state index in [9.17, 15) is 4.79 Å². The number of nitrogens with one attached hydrogen (secondary N) is 1. The second-order valence-electron chi connectivity index (χ2n) is 5.48. The standard InChI is InChI=1S/C19H15NO3S/c21-19(18-10-13-4-1-2-5-16(13)23-18)20-11-15(14-7-9-24-12-14)17-6-3-8-22-17/h1-10,12,15H,11H2,(H,20,21). The molecule has 120 valence electrons. The maximum Gasteiger partial charge on any atom is 0.287 e. The van der Waals surface area contributed by atoms with Gasteiger partial charge in [0.05, 0.1) is 12.2 Å². The molecule has 1 amide bonds. The fourth-order valence-electron chi connectivity index (χ4n) is 2.72. The zero-order chi connectivity index (χ0) is 16.4. The Morgan fingerprint density at radius 1 is 1.17 bits per heavy atom.